The van der Waals surface area contributed by atoms with Gasteiger partial charge in [0.25, 0.3) is 5.91 Å². The first-order valence-corrected chi connectivity index (χ1v) is 11.0. The molecule has 0 aliphatic carbocycles. The molecule has 2 heterocycles. The molecule has 0 saturated carbocycles. The van der Waals surface area contributed by atoms with Gasteiger partial charge in [0.05, 0.1) is 32.0 Å². The second-order valence-corrected chi connectivity index (χ2v) is 7.82. The minimum atomic E-state index is -0.364. The molecule has 0 radical (unpaired) electrons. The minimum Gasteiger partial charge on any atom is -0.497 e. The Morgan fingerprint density at radius 3 is 2.61 bits per heavy atom. The maximum Gasteiger partial charge on any atom is 0.319 e. The largest absolute Gasteiger partial charge is 0.497 e. The number of nitrogens with one attached hydrogen (secondary N) is 2. The van der Waals surface area contributed by atoms with E-state index >= 15 is 0 Å². The number of likely N-dealkylation sites (tertiary alicyclic amines) is 1. The van der Waals surface area contributed by atoms with Gasteiger partial charge in [-0.3, -0.25) is 4.79 Å². The van der Waals surface area contributed by atoms with E-state index < -0.39 is 0 Å². The molecule has 1 aliphatic heterocycles. The summed E-state index contributed by atoms with van der Waals surface area (Å²) in [6, 6.07) is 10.2. The molecule has 3 aromatic rings. The van der Waals surface area contributed by atoms with Crippen molar-refractivity contribution in [2.75, 3.05) is 39.2 Å². The molecule has 10 heteroatoms. The predicted octanol–water partition coefficient (Wildman–Crippen LogP) is 2.90. The lowest BCUT2D eigenvalue weighted by Crippen LogP contribution is -2.35. The van der Waals surface area contributed by atoms with E-state index in [1.54, 1.807) is 36.1 Å². The summed E-state index contributed by atoms with van der Waals surface area (Å²) in [7, 11) is 3.09. The van der Waals surface area contributed by atoms with Crippen LogP contribution in [0.1, 0.15) is 29.6 Å². The quantitative estimate of drug-likeness (QED) is 0.570. The van der Waals surface area contributed by atoms with E-state index in [0.717, 1.165) is 31.4 Å². The Bertz CT molecular complexity index is 1140. The van der Waals surface area contributed by atoms with Crippen LogP contribution in [0.2, 0.25) is 0 Å². The van der Waals surface area contributed by atoms with Gasteiger partial charge in [-0.15, -0.1) is 5.10 Å². The molecule has 1 aliphatic rings. The maximum atomic E-state index is 12.7. The van der Waals surface area contributed by atoms with Crippen molar-refractivity contribution in [2.45, 2.75) is 25.8 Å². The van der Waals surface area contributed by atoms with Crippen molar-refractivity contribution in [1.82, 2.24) is 25.2 Å². The molecule has 0 bridgehead atoms. The van der Waals surface area contributed by atoms with Gasteiger partial charge in [0.2, 0.25) is 0 Å². The molecule has 4 rings (SSSR count). The van der Waals surface area contributed by atoms with Gasteiger partial charge in [0.15, 0.2) is 0 Å². The van der Waals surface area contributed by atoms with Crippen LogP contribution in [-0.2, 0) is 6.54 Å². The minimum absolute atomic E-state index is 0.0402. The van der Waals surface area contributed by atoms with Gasteiger partial charge < -0.3 is 25.0 Å². The fourth-order valence-electron chi connectivity index (χ4n) is 3.89. The first kappa shape index (κ1) is 22.4. The first-order chi connectivity index (χ1) is 16.1. The number of urea groups is 1. The smallest absolute Gasteiger partial charge is 0.319 e. The number of aromatic nitrogens is 3. The fourth-order valence-corrected chi connectivity index (χ4v) is 3.89. The number of benzene rings is 2. The molecule has 0 unspecified atom stereocenters. The van der Waals surface area contributed by atoms with Crippen molar-refractivity contribution in [3.8, 4) is 11.5 Å². The molecule has 3 amide bonds. The molecule has 2 N–H and O–H groups in total. The Balaban J connectivity index is 1.34. The highest BCUT2D eigenvalue weighted by Crippen LogP contribution is 2.28. The summed E-state index contributed by atoms with van der Waals surface area (Å²) in [5, 5.41) is 13.9. The van der Waals surface area contributed by atoms with E-state index in [0.29, 0.717) is 41.4 Å². The third-order valence-corrected chi connectivity index (χ3v) is 5.67. The fraction of sp³-hybridized carbons (Fsp3) is 0.391. The highest BCUT2D eigenvalue weighted by atomic mass is 16.5. The number of anilines is 1. The van der Waals surface area contributed by atoms with Crippen LogP contribution in [0, 0.1) is 0 Å². The summed E-state index contributed by atoms with van der Waals surface area (Å²) in [6.07, 6.45) is 3.28. The van der Waals surface area contributed by atoms with Crippen molar-refractivity contribution >= 4 is 28.7 Å². The second-order valence-electron chi connectivity index (χ2n) is 7.82. The van der Waals surface area contributed by atoms with Crippen molar-refractivity contribution in [1.29, 1.82) is 0 Å². The number of amides is 3. The predicted molar refractivity (Wildman–Crippen MR) is 124 cm³/mol. The third kappa shape index (κ3) is 5.16. The molecule has 1 saturated heterocycles. The number of carbonyl (C=O) groups is 2. The Labute approximate surface area is 191 Å². The number of rotatable bonds is 7. The van der Waals surface area contributed by atoms with E-state index in [-0.39, 0.29) is 11.9 Å². The highest BCUT2D eigenvalue weighted by Gasteiger charge is 2.19. The van der Waals surface area contributed by atoms with E-state index in [2.05, 4.69) is 20.9 Å². The van der Waals surface area contributed by atoms with E-state index in [1.807, 2.05) is 17.0 Å². The average Bonchev–Trinajstić information content (AvgIpc) is 3.26. The number of ether oxygens (including phenoxy) is 2. The van der Waals surface area contributed by atoms with Crippen LogP contribution in [-0.4, -0.2) is 65.7 Å². The Hall–Kier alpha value is -3.82. The zero-order valence-corrected chi connectivity index (χ0v) is 18.8. The van der Waals surface area contributed by atoms with Crippen LogP contribution in [0.4, 0.5) is 10.5 Å². The number of hydrogen-bond acceptors (Lipinski definition) is 6. The SMILES string of the molecule is COc1ccc(NC(=O)NCCn2nnc3cc(C(=O)N4CCCCC4)ccc32)c(OC)c1. The number of methoxy groups -OCH3 is 2. The highest BCUT2D eigenvalue weighted by molar-refractivity contribution is 5.97. The van der Waals surface area contributed by atoms with Gasteiger partial charge in [0, 0.05) is 31.3 Å². The maximum absolute atomic E-state index is 12.7. The van der Waals surface area contributed by atoms with Gasteiger partial charge in [-0.05, 0) is 49.6 Å². The molecule has 0 atom stereocenters. The van der Waals surface area contributed by atoms with Gasteiger partial charge in [-0.1, -0.05) is 5.21 Å². The van der Waals surface area contributed by atoms with Crippen molar-refractivity contribution in [3.05, 3.63) is 42.0 Å². The molecule has 33 heavy (non-hydrogen) atoms. The standard InChI is InChI=1S/C23H28N6O4/c1-32-17-7-8-18(21(15-17)33-2)25-23(31)24-10-13-29-20-9-6-16(14-19(20)26-27-29)22(30)28-11-4-3-5-12-28/h6-9,14-15H,3-5,10-13H2,1-2H3,(H2,24,25,31). The lowest BCUT2D eigenvalue weighted by atomic mass is 10.1. The van der Waals surface area contributed by atoms with E-state index in [1.165, 1.54) is 13.5 Å². The summed E-state index contributed by atoms with van der Waals surface area (Å²) in [5.74, 6) is 1.18. The Kier molecular flexibility index (Phi) is 6.92. The lowest BCUT2D eigenvalue weighted by Gasteiger charge is -2.26. The lowest BCUT2D eigenvalue weighted by molar-refractivity contribution is 0.0724. The summed E-state index contributed by atoms with van der Waals surface area (Å²) >= 11 is 0. The molecule has 10 nitrogen and oxygen atoms in total. The van der Waals surface area contributed by atoms with Gasteiger partial charge in [-0.2, -0.15) is 0 Å². The van der Waals surface area contributed by atoms with E-state index in [4.69, 9.17) is 9.47 Å². The summed E-state index contributed by atoms with van der Waals surface area (Å²) in [5.41, 5.74) is 2.63. The molecule has 0 spiro atoms. The van der Waals surface area contributed by atoms with Crippen LogP contribution < -0.4 is 20.1 Å². The number of nitrogens with zero attached hydrogens (tertiary/aromatic N) is 4. The number of fused-ring (bicyclic) bond motifs is 1. The monoisotopic (exact) mass is 452 g/mol. The number of piperidine rings is 1. The Morgan fingerprint density at radius 1 is 1.03 bits per heavy atom. The molecular weight excluding hydrogens is 424 g/mol. The summed E-state index contributed by atoms with van der Waals surface area (Å²) < 4.78 is 12.2. The number of hydrogen-bond donors (Lipinski definition) is 2. The summed E-state index contributed by atoms with van der Waals surface area (Å²) in [6.45, 7) is 2.39. The molecule has 174 valence electrons. The van der Waals surface area contributed by atoms with Crippen LogP contribution in [0.5, 0.6) is 11.5 Å². The summed E-state index contributed by atoms with van der Waals surface area (Å²) in [4.78, 5) is 26.9. The van der Waals surface area contributed by atoms with Crippen LogP contribution >= 0.6 is 0 Å². The van der Waals surface area contributed by atoms with E-state index in [9.17, 15) is 9.59 Å². The normalized spacial score (nSPS) is 13.6. The van der Waals surface area contributed by atoms with Crippen LogP contribution in [0.3, 0.4) is 0 Å². The molecular formula is C23H28N6O4. The zero-order chi connectivity index (χ0) is 23.2. The van der Waals surface area contributed by atoms with Crippen LogP contribution in [0.25, 0.3) is 11.0 Å². The molecule has 1 fully saturated rings. The van der Waals surface area contributed by atoms with Crippen molar-refractivity contribution in [3.63, 3.8) is 0 Å². The average molecular weight is 453 g/mol. The second kappa shape index (κ2) is 10.2. The zero-order valence-electron chi connectivity index (χ0n) is 18.8. The third-order valence-electron chi connectivity index (χ3n) is 5.67. The number of carbonyl (C=O) groups excluding carboxylic acids is 2. The van der Waals surface area contributed by atoms with Gasteiger partial charge >= 0.3 is 6.03 Å². The van der Waals surface area contributed by atoms with Gasteiger partial charge in [-0.25, -0.2) is 9.48 Å². The van der Waals surface area contributed by atoms with Crippen molar-refractivity contribution < 1.29 is 19.1 Å². The topological polar surface area (TPSA) is 111 Å². The van der Waals surface area contributed by atoms with Crippen LogP contribution in [0.15, 0.2) is 36.4 Å². The molecule has 2 aromatic carbocycles. The van der Waals surface area contributed by atoms with Crippen molar-refractivity contribution in [2.24, 2.45) is 0 Å². The van der Waals surface area contributed by atoms with Gasteiger partial charge in [0.1, 0.15) is 17.0 Å². The first-order valence-electron chi connectivity index (χ1n) is 11.0. The molecule has 1 aromatic heterocycles. The Morgan fingerprint density at radius 2 is 1.85 bits per heavy atom.